The summed E-state index contributed by atoms with van der Waals surface area (Å²) in [6.07, 6.45) is 1.01. The van der Waals surface area contributed by atoms with Crippen LogP contribution in [0.5, 0.6) is 0 Å². The van der Waals surface area contributed by atoms with Gasteiger partial charge >= 0.3 is 0 Å². The van der Waals surface area contributed by atoms with E-state index in [2.05, 4.69) is 28.2 Å². The highest BCUT2D eigenvalue weighted by molar-refractivity contribution is 9.10. The van der Waals surface area contributed by atoms with E-state index in [-0.39, 0.29) is 11.9 Å². The summed E-state index contributed by atoms with van der Waals surface area (Å²) in [5.74, 6) is -0.138. The lowest BCUT2D eigenvalue weighted by molar-refractivity contribution is 0.543. The lowest BCUT2D eigenvalue weighted by Crippen LogP contribution is -2.25. The molecule has 0 spiro atoms. The summed E-state index contributed by atoms with van der Waals surface area (Å²) in [4.78, 5) is 0. The van der Waals surface area contributed by atoms with Gasteiger partial charge in [0.2, 0.25) is 0 Å². The van der Waals surface area contributed by atoms with Crippen LogP contribution in [0.4, 0.5) is 4.39 Å². The lowest BCUT2D eigenvalue weighted by Gasteiger charge is -2.23. The van der Waals surface area contributed by atoms with Gasteiger partial charge in [0.1, 0.15) is 5.82 Å². The maximum absolute atomic E-state index is 14.5. The van der Waals surface area contributed by atoms with Gasteiger partial charge in [-0.3, -0.25) is 0 Å². The van der Waals surface area contributed by atoms with Crippen LogP contribution >= 0.6 is 15.9 Å². The van der Waals surface area contributed by atoms with Crippen LogP contribution in [0.15, 0.2) is 40.9 Å². The van der Waals surface area contributed by atoms with Crippen LogP contribution in [-0.2, 0) is 0 Å². The third kappa shape index (κ3) is 3.92. The van der Waals surface area contributed by atoms with E-state index in [0.29, 0.717) is 0 Å². The van der Waals surface area contributed by atoms with Gasteiger partial charge in [0.05, 0.1) is 6.04 Å². The van der Waals surface area contributed by atoms with Crippen molar-refractivity contribution in [2.45, 2.75) is 33.2 Å². The molecule has 0 aliphatic rings. The second-order valence-electron chi connectivity index (χ2n) is 5.42. The van der Waals surface area contributed by atoms with E-state index in [1.165, 1.54) is 0 Å². The molecule has 1 unspecified atom stereocenters. The first-order chi connectivity index (χ1) is 10.0. The first-order valence-corrected chi connectivity index (χ1v) is 8.07. The highest BCUT2D eigenvalue weighted by Gasteiger charge is 2.20. The summed E-state index contributed by atoms with van der Waals surface area (Å²) in [6.45, 7) is 6.87. The van der Waals surface area contributed by atoms with E-state index in [4.69, 9.17) is 0 Å². The predicted molar refractivity (Wildman–Crippen MR) is 90.2 cm³/mol. The highest BCUT2D eigenvalue weighted by atomic mass is 79.9. The van der Waals surface area contributed by atoms with Gasteiger partial charge in [0, 0.05) is 10.0 Å². The monoisotopic (exact) mass is 349 g/mol. The van der Waals surface area contributed by atoms with E-state index in [9.17, 15) is 4.39 Å². The lowest BCUT2D eigenvalue weighted by atomic mass is 9.93. The standard InChI is InChI=1S/C18H21BrFN/c1-4-8-21-18(14-6-5-7-15(19)11-14)17-13(3)9-12(2)10-16(17)20/h5-7,9-11,18,21H,4,8H2,1-3H3. The molecule has 0 aromatic heterocycles. The maximum Gasteiger partial charge on any atom is 0.128 e. The Morgan fingerprint density at radius 1 is 1.19 bits per heavy atom. The molecule has 0 aliphatic heterocycles. The SMILES string of the molecule is CCCNC(c1cccc(Br)c1)c1c(C)cc(C)cc1F. The average Bonchev–Trinajstić information content (AvgIpc) is 2.41. The van der Waals surface area contributed by atoms with Gasteiger partial charge in [0.25, 0.3) is 0 Å². The van der Waals surface area contributed by atoms with Crippen molar-refractivity contribution in [1.82, 2.24) is 5.32 Å². The maximum atomic E-state index is 14.5. The second-order valence-corrected chi connectivity index (χ2v) is 6.34. The molecule has 1 atom stereocenters. The van der Waals surface area contributed by atoms with Crippen molar-refractivity contribution in [2.75, 3.05) is 6.54 Å². The fourth-order valence-corrected chi connectivity index (χ4v) is 3.07. The number of halogens is 2. The third-order valence-electron chi connectivity index (χ3n) is 3.55. The van der Waals surface area contributed by atoms with Gasteiger partial charge in [-0.1, -0.05) is 41.1 Å². The van der Waals surface area contributed by atoms with Gasteiger partial charge in [-0.05, 0) is 61.7 Å². The fraction of sp³-hybridized carbons (Fsp3) is 0.333. The summed E-state index contributed by atoms with van der Waals surface area (Å²) < 4.78 is 15.5. The Hall–Kier alpha value is -1.19. The Balaban J connectivity index is 2.50. The van der Waals surface area contributed by atoms with E-state index in [1.807, 2.05) is 44.2 Å². The van der Waals surface area contributed by atoms with Gasteiger partial charge in [-0.25, -0.2) is 4.39 Å². The van der Waals surface area contributed by atoms with Gasteiger partial charge in [0.15, 0.2) is 0 Å². The smallest absolute Gasteiger partial charge is 0.128 e. The van der Waals surface area contributed by atoms with E-state index in [1.54, 1.807) is 6.07 Å². The van der Waals surface area contributed by atoms with Gasteiger partial charge < -0.3 is 5.32 Å². The first kappa shape index (κ1) is 16.2. The van der Waals surface area contributed by atoms with E-state index in [0.717, 1.165) is 39.7 Å². The van der Waals surface area contributed by atoms with Crippen LogP contribution in [0.25, 0.3) is 0 Å². The summed E-state index contributed by atoms with van der Waals surface area (Å²) >= 11 is 3.50. The topological polar surface area (TPSA) is 12.0 Å². The molecule has 0 fully saturated rings. The molecule has 0 amide bonds. The van der Waals surface area contributed by atoms with Crippen molar-refractivity contribution in [3.8, 4) is 0 Å². The van der Waals surface area contributed by atoms with Crippen LogP contribution in [0.1, 0.15) is 41.6 Å². The number of rotatable bonds is 5. The molecule has 2 aromatic carbocycles. The molecule has 2 aromatic rings. The third-order valence-corrected chi connectivity index (χ3v) is 4.04. The Morgan fingerprint density at radius 3 is 2.57 bits per heavy atom. The van der Waals surface area contributed by atoms with E-state index < -0.39 is 0 Å². The van der Waals surface area contributed by atoms with Crippen LogP contribution in [0.3, 0.4) is 0 Å². The summed E-state index contributed by atoms with van der Waals surface area (Å²) in [6, 6.07) is 11.6. The summed E-state index contributed by atoms with van der Waals surface area (Å²) in [5, 5.41) is 3.47. The number of hydrogen-bond acceptors (Lipinski definition) is 1. The van der Waals surface area contributed by atoms with Crippen molar-refractivity contribution in [3.05, 3.63) is 68.9 Å². The zero-order valence-electron chi connectivity index (χ0n) is 12.7. The molecule has 0 saturated carbocycles. The Morgan fingerprint density at radius 2 is 1.95 bits per heavy atom. The zero-order valence-corrected chi connectivity index (χ0v) is 14.3. The van der Waals surface area contributed by atoms with Crippen molar-refractivity contribution in [1.29, 1.82) is 0 Å². The van der Waals surface area contributed by atoms with Crippen LogP contribution in [0.2, 0.25) is 0 Å². The molecule has 2 rings (SSSR count). The average molecular weight is 350 g/mol. The minimum atomic E-state index is -0.138. The van der Waals surface area contributed by atoms with Crippen molar-refractivity contribution in [3.63, 3.8) is 0 Å². The Kier molecular flexibility index (Phi) is 5.54. The summed E-state index contributed by atoms with van der Waals surface area (Å²) in [5.41, 5.74) is 3.76. The van der Waals surface area contributed by atoms with E-state index >= 15 is 0 Å². The van der Waals surface area contributed by atoms with Crippen molar-refractivity contribution < 1.29 is 4.39 Å². The Bertz CT molecular complexity index is 601. The minimum absolute atomic E-state index is 0.122. The first-order valence-electron chi connectivity index (χ1n) is 7.28. The normalized spacial score (nSPS) is 12.4. The molecular weight excluding hydrogens is 329 g/mol. The van der Waals surface area contributed by atoms with Crippen LogP contribution < -0.4 is 5.32 Å². The number of aryl methyl sites for hydroxylation is 2. The molecule has 1 N–H and O–H groups in total. The Labute approximate surface area is 134 Å². The molecule has 0 bridgehead atoms. The minimum Gasteiger partial charge on any atom is -0.306 e. The van der Waals surface area contributed by atoms with Crippen molar-refractivity contribution >= 4 is 15.9 Å². The highest BCUT2D eigenvalue weighted by Crippen LogP contribution is 2.29. The molecule has 0 aliphatic carbocycles. The fourth-order valence-electron chi connectivity index (χ4n) is 2.65. The molecule has 21 heavy (non-hydrogen) atoms. The zero-order chi connectivity index (χ0) is 15.4. The number of benzene rings is 2. The van der Waals surface area contributed by atoms with Crippen molar-refractivity contribution in [2.24, 2.45) is 0 Å². The van der Waals surface area contributed by atoms with Crippen LogP contribution in [0, 0.1) is 19.7 Å². The quantitative estimate of drug-likeness (QED) is 0.772. The molecular formula is C18H21BrFN. The molecule has 1 nitrogen and oxygen atoms in total. The van der Waals surface area contributed by atoms with Gasteiger partial charge in [-0.15, -0.1) is 0 Å². The molecule has 112 valence electrons. The van der Waals surface area contributed by atoms with Crippen LogP contribution in [-0.4, -0.2) is 6.54 Å². The molecule has 0 heterocycles. The predicted octanol–water partition coefficient (Wildman–Crippen LogP) is 5.29. The molecule has 0 saturated heterocycles. The molecule has 0 radical (unpaired) electrons. The number of hydrogen-bond donors (Lipinski definition) is 1. The summed E-state index contributed by atoms with van der Waals surface area (Å²) in [7, 11) is 0. The second kappa shape index (κ2) is 7.19. The molecule has 3 heteroatoms. The number of nitrogens with one attached hydrogen (secondary N) is 1. The van der Waals surface area contributed by atoms with Gasteiger partial charge in [-0.2, -0.15) is 0 Å². The largest absolute Gasteiger partial charge is 0.306 e.